The minimum atomic E-state index is -0.0976. The largest absolute Gasteiger partial charge is 0.465 e. The average Bonchev–Trinajstić information content (AvgIpc) is 2.68. The second kappa shape index (κ2) is 9.78. The van der Waals surface area contributed by atoms with E-state index in [1.807, 2.05) is 0 Å². The first-order chi connectivity index (χ1) is 12.7. The van der Waals surface area contributed by atoms with Gasteiger partial charge in [-0.25, -0.2) is 0 Å². The second-order valence-corrected chi connectivity index (χ2v) is 8.59. The Morgan fingerprint density at radius 2 is 1.69 bits per heavy atom. The molecule has 26 heavy (non-hydrogen) atoms. The van der Waals surface area contributed by atoms with Gasteiger partial charge in [-0.15, -0.1) is 0 Å². The summed E-state index contributed by atoms with van der Waals surface area (Å²) in [6, 6.07) is 8.65. The van der Waals surface area contributed by atoms with Crippen LogP contribution in [0.15, 0.2) is 24.3 Å². The lowest BCUT2D eigenvalue weighted by Gasteiger charge is -2.40. The van der Waals surface area contributed by atoms with Crippen molar-refractivity contribution in [1.82, 2.24) is 0 Å². The number of fused-ring (bicyclic) bond motifs is 1. The molecule has 2 heteroatoms. The fourth-order valence-electron chi connectivity index (χ4n) is 4.82. The first kappa shape index (κ1) is 19.7. The van der Waals surface area contributed by atoms with Crippen LogP contribution in [0.5, 0.6) is 5.75 Å². The van der Waals surface area contributed by atoms with Crippen molar-refractivity contribution < 1.29 is 9.47 Å². The zero-order valence-electron chi connectivity index (χ0n) is 17.1. The molecule has 0 radical (unpaired) electrons. The fraction of sp³-hybridized carbons (Fsp3) is 0.750. The molecule has 1 aromatic rings. The summed E-state index contributed by atoms with van der Waals surface area (Å²) in [5.74, 6) is 3.43. The average molecular weight is 359 g/mol. The van der Waals surface area contributed by atoms with Crippen molar-refractivity contribution >= 4 is 0 Å². The number of benzene rings is 1. The maximum Gasteiger partial charge on any atom is 0.200 e. The van der Waals surface area contributed by atoms with Gasteiger partial charge in [-0.3, -0.25) is 0 Å². The molecule has 2 fully saturated rings. The molecule has 0 N–H and O–H groups in total. The van der Waals surface area contributed by atoms with Crippen LogP contribution >= 0.6 is 0 Å². The molecule has 0 saturated heterocycles. The number of hydrogen-bond acceptors (Lipinski definition) is 2. The molecular formula is C24H38O2. The van der Waals surface area contributed by atoms with E-state index < -0.39 is 0 Å². The Labute approximate surface area is 160 Å². The highest BCUT2D eigenvalue weighted by Gasteiger charge is 2.33. The van der Waals surface area contributed by atoms with Gasteiger partial charge in [-0.1, -0.05) is 65.0 Å². The van der Waals surface area contributed by atoms with Crippen LogP contribution < -0.4 is 4.74 Å². The molecule has 0 amide bonds. The molecule has 0 bridgehead atoms. The summed E-state index contributed by atoms with van der Waals surface area (Å²) in [6.07, 6.45) is 13.1. The monoisotopic (exact) mass is 358 g/mol. The summed E-state index contributed by atoms with van der Waals surface area (Å²) in [5.41, 5.74) is 1.39. The smallest absolute Gasteiger partial charge is 0.200 e. The van der Waals surface area contributed by atoms with E-state index in [0.717, 1.165) is 30.4 Å². The van der Waals surface area contributed by atoms with Crippen LogP contribution in [0, 0.1) is 11.8 Å². The van der Waals surface area contributed by atoms with Crippen molar-refractivity contribution in [1.29, 1.82) is 0 Å². The summed E-state index contributed by atoms with van der Waals surface area (Å²) in [7, 11) is 0. The van der Waals surface area contributed by atoms with Gasteiger partial charge in [0.15, 0.2) is 6.29 Å². The Morgan fingerprint density at radius 1 is 0.962 bits per heavy atom. The predicted octanol–water partition coefficient (Wildman–Crippen LogP) is 7.08. The van der Waals surface area contributed by atoms with E-state index in [1.165, 1.54) is 56.9 Å². The highest BCUT2D eigenvalue weighted by molar-refractivity contribution is 5.29. The maximum absolute atomic E-state index is 6.46. The SMILES string of the molecule is CCCC(Oc1ccc(C(C)CC)cc1)OC1CCC2CCCCC2C1. The Morgan fingerprint density at radius 3 is 2.38 bits per heavy atom. The quantitative estimate of drug-likeness (QED) is 0.462. The highest BCUT2D eigenvalue weighted by atomic mass is 16.7. The van der Waals surface area contributed by atoms with Crippen LogP contribution in [0.2, 0.25) is 0 Å². The van der Waals surface area contributed by atoms with Gasteiger partial charge in [0.05, 0.1) is 6.10 Å². The van der Waals surface area contributed by atoms with Crippen LogP contribution in [0.1, 0.15) is 96.5 Å². The van der Waals surface area contributed by atoms with Crippen molar-refractivity contribution in [3.63, 3.8) is 0 Å². The van der Waals surface area contributed by atoms with Crippen molar-refractivity contribution in [3.05, 3.63) is 29.8 Å². The lowest BCUT2D eigenvalue weighted by molar-refractivity contribution is -0.142. The highest BCUT2D eigenvalue weighted by Crippen LogP contribution is 2.41. The molecule has 1 aromatic carbocycles. The lowest BCUT2D eigenvalue weighted by atomic mass is 9.70. The maximum atomic E-state index is 6.46. The third kappa shape index (κ3) is 5.25. The minimum absolute atomic E-state index is 0.0976. The third-order valence-electron chi connectivity index (χ3n) is 6.69. The second-order valence-electron chi connectivity index (χ2n) is 8.59. The van der Waals surface area contributed by atoms with Crippen LogP contribution in [0.25, 0.3) is 0 Å². The van der Waals surface area contributed by atoms with E-state index in [4.69, 9.17) is 9.47 Å². The van der Waals surface area contributed by atoms with Gasteiger partial charge in [0, 0.05) is 6.42 Å². The number of rotatable bonds is 8. The van der Waals surface area contributed by atoms with Crippen molar-refractivity contribution in [2.75, 3.05) is 0 Å². The molecule has 0 aliphatic heterocycles. The van der Waals surface area contributed by atoms with Gasteiger partial charge >= 0.3 is 0 Å². The minimum Gasteiger partial charge on any atom is -0.465 e. The van der Waals surface area contributed by atoms with E-state index in [-0.39, 0.29) is 6.29 Å². The normalized spacial score (nSPS) is 28.2. The summed E-state index contributed by atoms with van der Waals surface area (Å²) in [6.45, 7) is 6.73. The van der Waals surface area contributed by atoms with Crippen LogP contribution in [-0.4, -0.2) is 12.4 Å². The summed E-state index contributed by atoms with van der Waals surface area (Å²) < 4.78 is 12.7. The Balaban J connectivity index is 1.55. The van der Waals surface area contributed by atoms with Crippen LogP contribution in [0.3, 0.4) is 0 Å². The molecular weight excluding hydrogens is 320 g/mol. The van der Waals surface area contributed by atoms with Crippen LogP contribution in [0.4, 0.5) is 0 Å². The molecule has 2 nitrogen and oxygen atoms in total. The molecule has 5 atom stereocenters. The van der Waals surface area contributed by atoms with E-state index >= 15 is 0 Å². The molecule has 0 spiro atoms. The third-order valence-corrected chi connectivity index (χ3v) is 6.69. The van der Waals surface area contributed by atoms with E-state index in [2.05, 4.69) is 45.0 Å². The topological polar surface area (TPSA) is 18.5 Å². The summed E-state index contributed by atoms with van der Waals surface area (Å²) in [4.78, 5) is 0. The Kier molecular flexibility index (Phi) is 7.42. The van der Waals surface area contributed by atoms with Gasteiger partial charge < -0.3 is 9.47 Å². The summed E-state index contributed by atoms with van der Waals surface area (Å²) >= 11 is 0. The standard InChI is InChI=1S/C24H38O2/c1-4-8-24(25-22-14-11-19(12-15-22)18(3)5-2)26-23-16-13-20-9-6-7-10-21(20)17-23/h11-12,14-15,18,20-21,23-24H,4-10,13,16-17H2,1-3H3. The van der Waals surface area contributed by atoms with E-state index in [9.17, 15) is 0 Å². The fourth-order valence-corrected chi connectivity index (χ4v) is 4.82. The zero-order valence-corrected chi connectivity index (χ0v) is 17.1. The van der Waals surface area contributed by atoms with E-state index in [0.29, 0.717) is 12.0 Å². The Hall–Kier alpha value is -1.02. The zero-order chi connectivity index (χ0) is 18.4. The lowest BCUT2D eigenvalue weighted by Crippen LogP contribution is -2.35. The molecule has 0 aromatic heterocycles. The van der Waals surface area contributed by atoms with Crippen LogP contribution in [-0.2, 0) is 4.74 Å². The van der Waals surface area contributed by atoms with E-state index in [1.54, 1.807) is 0 Å². The molecule has 3 rings (SSSR count). The van der Waals surface area contributed by atoms with Gasteiger partial charge in [0.2, 0.25) is 0 Å². The van der Waals surface area contributed by atoms with Crippen molar-refractivity contribution in [3.8, 4) is 5.75 Å². The van der Waals surface area contributed by atoms with Gasteiger partial charge in [0.25, 0.3) is 0 Å². The Bertz CT molecular complexity index is 524. The summed E-state index contributed by atoms with van der Waals surface area (Å²) in [5, 5.41) is 0. The molecule has 146 valence electrons. The molecule has 0 heterocycles. The molecule has 2 saturated carbocycles. The molecule has 5 unspecified atom stereocenters. The van der Waals surface area contributed by atoms with Gasteiger partial charge in [0.1, 0.15) is 5.75 Å². The first-order valence-electron chi connectivity index (χ1n) is 11.1. The predicted molar refractivity (Wildman–Crippen MR) is 109 cm³/mol. The van der Waals surface area contributed by atoms with Crippen molar-refractivity contribution in [2.45, 2.75) is 103 Å². The van der Waals surface area contributed by atoms with Gasteiger partial charge in [-0.05, 0) is 61.1 Å². The first-order valence-corrected chi connectivity index (χ1v) is 11.1. The molecule has 2 aliphatic rings. The number of hydrogen-bond donors (Lipinski definition) is 0. The molecule has 2 aliphatic carbocycles. The van der Waals surface area contributed by atoms with Crippen molar-refractivity contribution in [2.24, 2.45) is 11.8 Å². The number of ether oxygens (including phenoxy) is 2. The van der Waals surface area contributed by atoms with Gasteiger partial charge in [-0.2, -0.15) is 0 Å².